The second kappa shape index (κ2) is 5.09. The molecule has 104 valence electrons. The molecule has 0 saturated heterocycles. The van der Waals surface area contributed by atoms with E-state index in [1.807, 2.05) is 26.0 Å². The van der Waals surface area contributed by atoms with Crippen LogP contribution in [0.4, 0.5) is 0 Å². The molecule has 0 fully saturated rings. The second-order valence-corrected chi connectivity index (χ2v) is 5.05. The first kappa shape index (κ1) is 13.7. The molecule has 0 atom stereocenters. The molecule has 1 aromatic carbocycles. The number of aromatic nitrogens is 2. The zero-order chi connectivity index (χ0) is 14.0. The second-order valence-electron chi connectivity index (χ2n) is 5.05. The Morgan fingerprint density at radius 1 is 1.11 bits per heavy atom. The van der Waals surface area contributed by atoms with Crippen LogP contribution in [-0.2, 0) is 11.2 Å². The number of H-pyrrole nitrogens is 1. The van der Waals surface area contributed by atoms with Crippen molar-refractivity contribution in [2.45, 2.75) is 25.9 Å². The number of nitrogens with one attached hydrogen (secondary N) is 1. The van der Waals surface area contributed by atoms with E-state index in [1.54, 1.807) is 21.3 Å². The fourth-order valence-electron chi connectivity index (χ4n) is 1.95. The van der Waals surface area contributed by atoms with Gasteiger partial charge in [-0.3, -0.25) is 0 Å². The molecule has 0 radical (unpaired) electrons. The van der Waals surface area contributed by atoms with E-state index in [-0.39, 0.29) is 5.60 Å². The minimum atomic E-state index is -0.248. The lowest BCUT2D eigenvalue weighted by Gasteiger charge is -2.21. The van der Waals surface area contributed by atoms with Crippen molar-refractivity contribution in [2.75, 3.05) is 21.3 Å². The lowest BCUT2D eigenvalue weighted by atomic mass is 10.1. The number of ether oxygens (including phenoxy) is 3. The van der Waals surface area contributed by atoms with E-state index in [0.29, 0.717) is 17.9 Å². The van der Waals surface area contributed by atoms with Gasteiger partial charge < -0.3 is 19.2 Å². The van der Waals surface area contributed by atoms with Crippen LogP contribution in [-0.4, -0.2) is 36.9 Å². The molecule has 0 unspecified atom stereocenters. The zero-order valence-corrected chi connectivity index (χ0v) is 12.0. The van der Waals surface area contributed by atoms with Crippen LogP contribution in [0.25, 0.3) is 11.0 Å². The van der Waals surface area contributed by atoms with Gasteiger partial charge in [-0.2, -0.15) is 0 Å². The van der Waals surface area contributed by atoms with Gasteiger partial charge in [0.25, 0.3) is 0 Å². The number of nitrogens with zero attached hydrogens (tertiary/aromatic N) is 1. The van der Waals surface area contributed by atoms with Crippen molar-refractivity contribution in [2.24, 2.45) is 0 Å². The lowest BCUT2D eigenvalue weighted by Crippen LogP contribution is -2.26. The van der Waals surface area contributed by atoms with E-state index in [4.69, 9.17) is 14.2 Å². The highest BCUT2D eigenvalue weighted by Gasteiger charge is 2.20. The van der Waals surface area contributed by atoms with Gasteiger partial charge >= 0.3 is 0 Å². The molecule has 19 heavy (non-hydrogen) atoms. The molecule has 0 aliphatic rings. The van der Waals surface area contributed by atoms with Crippen molar-refractivity contribution in [1.82, 2.24) is 9.97 Å². The summed E-state index contributed by atoms with van der Waals surface area (Å²) >= 11 is 0. The third-order valence-corrected chi connectivity index (χ3v) is 3.18. The van der Waals surface area contributed by atoms with Crippen molar-refractivity contribution in [3.05, 3.63) is 18.0 Å². The van der Waals surface area contributed by atoms with Crippen molar-refractivity contribution >= 4 is 11.0 Å². The number of aromatic amines is 1. The van der Waals surface area contributed by atoms with Gasteiger partial charge in [-0.25, -0.2) is 4.98 Å². The summed E-state index contributed by atoms with van der Waals surface area (Å²) in [5.74, 6) is 2.26. The van der Waals surface area contributed by atoms with Gasteiger partial charge in [0.05, 0.1) is 30.9 Å². The summed E-state index contributed by atoms with van der Waals surface area (Å²) in [6.45, 7) is 4.06. The first-order valence-corrected chi connectivity index (χ1v) is 6.15. The van der Waals surface area contributed by atoms with E-state index >= 15 is 0 Å². The summed E-state index contributed by atoms with van der Waals surface area (Å²) in [5.41, 5.74) is 1.54. The fourth-order valence-corrected chi connectivity index (χ4v) is 1.95. The normalized spacial score (nSPS) is 11.8. The number of hydrogen-bond donors (Lipinski definition) is 1. The van der Waals surface area contributed by atoms with Crippen LogP contribution in [0, 0.1) is 0 Å². The molecule has 1 N–H and O–H groups in total. The van der Waals surface area contributed by atoms with Crippen LogP contribution in [0.15, 0.2) is 12.1 Å². The van der Waals surface area contributed by atoms with Crippen molar-refractivity contribution in [3.8, 4) is 11.5 Å². The first-order valence-electron chi connectivity index (χ1n) is 6.15. The van der Waals surface area contributed by atoms with Crippen LogP contribution < -0.4 is 9.47 Å². The Morgan fingerprint density at radius 3 is 2.32 bits per heavy atom. The Hall–Kier alpha value is -1.75. The monoisotopic (exact) mass is 264 g/mol. The maximum Gasteiger partial charge on any atom is 0.163 e. The van der Waals surface area contributed by atoms with E-state index in [0.717, 1.165) is 16.9 Å². The van der Waals surface area contributed by atoms with E-state index in [2.05, 4.69) is 9.97 Å². The molecule has 0 bridgehead atoms. The summed E-state index contributed by atoms with van der Waals surface area (Å²) in [7, 11) is 4.94. The van der Waals surface area contributed by atoms with Crippen LogP contribution in [0.3, 0.4) is 0 Å². The van der Waals surface area contributed by atoms with E-state index in [1.165, 1.54) is 0 Å². The van der Waals surface area contributed by atoms with Gasteiger partial charge in [0.1, 0.15) is 5.82 Å². The topological polar surface area (TPSA) is 56.4 Å². The largest absolute Gasteiger partial charge is 0.493 e. The van der Waals surface area contributed by atoms with Crippen LogP contribution in [0.5, 0.6) is 11.5 Å². The quantitative estimate of drug-likeness (QED) is 0.901. The highest BCUT2D eigenvalue weighted by Crippen LogP contribution is 2.31. The Labute approximate surface area is 112 Å². The highest BCUT2D eigenvalue weighted by atomic mass is 16.5. The minimum Gasteiger partial charge on any atom is -0.493 e. The predicted molar refractivity (Wildman–Crippen MR) is 74.0 cm³/mol. The molecule has 1 heterocycles. The number of hydrogen-bond acceptors (Lipinski definition) is 4. The van der Waals surface area contributed by atoms with Gasteiger partial charge in [0.15, 0.2) is 11.5 Å². The number of benzene rings is 1. The molecule has 1 aromatic heterocycles. The molecular weight excluding hydrogens is 244 g/mol. The van der Waals surface area contributed by atoms with Crippen LogP contribution >= 0.6 is 0 Å². The SMILES string of the molecule is COc1cc2nc(CC(C)(C)OC)[nH]c2cc1OC. The Kier molecular flexibility index (Phi) is 3.66. The predicted octanol–water partition coefficient (Wildman–Crippen LogP) is 2.55. The van der Waals surface area contributed by atoms with Gasteiger partial charge in [-0.05, 0) is 13.8 Å². The average Bonchev–Trinajstić information content (AvgIpc) is 2.77. The molecule has 0 aliphatic carbocycles. The molecule has 0 aliphatic heterocycles. The zero-order valence-electron chi connectivity index (χ0n) is 12.0. The van der Waals surface area contributed by atoms with Crippen LogP contribution in [0.1, 0.15) is 19.7 Å². The Morgan fingerprint density at radius 2 is 1.74 bits per heavy atom. The first-order chi connectivity index (χ1) is 8.99. The lowest BCUT2D eigenvalue weighted by molar-refractivity contribution is 0.0218. The molecule has 0 spiro atoms. The molecule has 0 amide bonds. The van der Waals surface area contributed by atoms with E-state index < -0.39 is 0 Å². The van der Waals surface area contributed by atoms with Crippen molar-refractivity contribution in [3.63, 3.8) is 0 Å². The number of imidazole rings is 1. The number of fused-ring (bicyclic) bond motifs is 1. The molecule has 2 rings (SSSR count). The smallest absolute Gasteiger partial charge is 0.163 e. The summed E-state index contributed by atoms with van der Waals surface area (Å²) in [5, 5.41) is 0. The highest BCUT2D eigenvalue weighted by molar-refractivity contribution is 5.79. The van der Waals surface area contributed by atoms with E-state index in [9.17, 15) is 0 Å². The Bertz CT molecular complexity index is 534. The average molecular weight is 264 g/mol. The Balaban J connectivity index is 2.40. The maximum absolute atomic E-state index is 5.42. The van der Waals surface area contributed by atoms with Crippen molar-refractivity contribution < 1.29 is 14.2 Å². The molecule has 2 aromatic rings. The summed E-state index contributed by atoms with van der Waals surface area (Å²) in [6.07, 6.45) is 0.711. The van der Waals surface area contributed by atoms with Gasteiger partial charge in [0, 0.05) is 25.7 Å². The number of methoxy groups -OCH3 is 3. The van der Waals surface area contributed by atoms with Crippen molar-refractivity contribution in [1.29, 1.82) is 0 Å². The fraction of sp³-hybridized carbons (Fsp3) is 0.500. The third-order valence-electron chi connectivity index (χ3n) is 3.18. The third kappa shape index (κ3) is 2.81. The molecule has 0 saturated carbocycles. The van der Waals surface area contributed by atoms with Crippen LogP contribution in [0.2, 0.25) is 0 Å². The maximum atomic E-state index is 5.42. The minimum absolute atomic E-state index is 0.248. The van der Waals surface area contributed by atoms with Gasteiger partial charge in [0.2, 0.25) is 0 Å². The standard InChI is InChI=1S/C14H20N2O3/c1-14(2,19-5)8-13-15-9-6-11(17-3)12(18-4)7-10(9)16-13/h6-7H,8H2,1-5H3,(H,15,16). The molecule has 5 nitrogen and oxygen atoms in total. The molecular formula is C14H20N2O3. The summed E-state index contributed by atoms with van der Waals surface area (Å²) < 4.78 is 16.0. The summed E-state index contributed by atoms with van der Waals surface area (Å²) in [4.78, 5) is 7.84. The number of rotatable bonds is 5. The summed E-state index contributed by atoms with van der Waals surface area (Å²) in [6, 6.07) is 3.76. The van der Waals surface area contributed by atoms with Gasteiger partial charge in [-0.15, -0.1) is 0 Å². The van der Waals surface area contributed by atoms with Gasteiger partial charge in [-0.1, -0.05) is 0 Å². The molecule has 5 heteroatoms.